The molecule has 1 aromatic carbocycles. The summed E-state index contributed by atoms with van der Waals surface area (Å²) in [6.45, 7) is 1.79. The first-order chi connectivity index (χ1) is 8.04. The molecule has 0 aromatic heterocycles. The number of amides is 1. The van der Waals surface area contributed by atoms with Gasteiger partial charge in [0.15, 0.2) is 0 Å². The van der Waals surface area contributed by atoms with Crippen molar-refractivity contribution in [3.63, 3.8) is 0 Å². The third kappa shape index (κ3) is 4.04. The summed E-state index contributed by atoms with van der Waals surface area (Å²) in [4.78, 5) is 11.2. The molecular weight excluding hydrogens is 243 g/mol. The van der Waals surface area contributed by atoms with E-state index < -0.39 is 0 Å². The van der Waals surface area contributed by atoms with Crippen LogP contribution in [0.1, 0.15) is 24.0 Å². The molecule has 5 heteroatoms. The fourth-order valence-electron chi connectivity index (χ4n) is 1.27. The topological polar surface area (TPSA) is 52.9 Å². The van der Waals surface area contributed by atoms with Gasteiger partial charge in [0.25, 0.3) is 0 Å². The van der Waals surface area contributed by atoms with E-state index in [0.717, 1.165) is 0 Å². The van der Waals surface area contributed by atoms with Crippen LogP contribution in [-0.4, -0.2) is 5.91 Å². The molecule has 0 atom stereocenters. The van der Waals surface area contributed by atoms with Gasteiger partial charge in [0.05, 0.1) is 6.07 Å². The van der Waals surface area contributed by atoms with Gasteiger partial charge in [0.2, 0.25) is 5.91 Å². The van der Waals surface area contributed by atoms with Crippen molar-refractivity contribution in [2.24, 2.45) is 0 Å². The van der Waals surface area contributed by atoms with Crippen molar-refractivity contribution in [2.45, 2.75) is 26.3 Å². The van der Waals surface area contributed by atoms with Gasteiger partial charge in [-0.15, -0.1) is 0 Å². The third-order valence-corrected chi connectivity index (χ3v) is 2.62. The molecule has 90 valence electrons. The minimum absolute atomic E-state index is 0.141. The molecule has 0 fully saturated rings. The van der Waals surface area contributed by atoms with E-state index in [0.29, 0.717) is 16.1 Å². The lowest BCUT2D eigenvalue weighted by atomic mass is 10.1. The molecule has 0 aliphatic rings. The van der Waals surface area contributed by atoms with Crippen LogP contribution < -0.4 is 5.32 Å². The standard InChI is InChI=1S/C12H12ClFN2O/c1-8-5-10(13)9(6-11(8)14)7-16-12(17)3-2-4-15/h5-6H,2-3,7H2,1H3,(H,16,17). The summed E-state index contributed by atoms with van der Waals surface area (Å²) in [6, 6.07) is 4.71. The maximum Gasteiger partial charge on any atom is 0.221 e. The Kier molecular flexibility index (Phi) is 4.92. The number of nitriles is 1. The van der Waals surface area contributed by atoms with Crippen molar-refractivity contribution in [3.8, 4) is 6.07 Å². The number of nitrogens with one attached hydrogen (secondary N) is 1. The van der Waals surface area contributed by atoms with E-state index in [-0.39, 0.29) is 31.1 Å². The molecular formula is C12H12ClFN2O. The Morgan fingerprint density at radius 2 is 2.29 bits per heavy atom. The monoisotopic (exact) mass is 254 g/mol. The highest BCUT2D eigenvalue weighted by Crippen LogP contribution is 2.20. The Morgan fingerprint density at radius 3 is 2.94 bits per heavy atom. The molecule has 0 saturated heterocycles. The lowest BCUT2D eigenvalue weighted by Gasteiger charge is -2.07. The quantitative estimate of drug-likeness (QED) is 0.898. The molecule has 0 spiro atoms. The predicted octanol–water partition coefficient (Wildman–Crippen LogP) is 2.71. The Bertz CT molecular complexity index is 468. The van der Waals surface area contributed by atoms with Gasteiger partial charge in [-0.05, 0) is 30.2 Å². The average molecular weight is 255 g/mol. The van der Waals surface area contributed by atoms with Crippen molar-refractivity contribution in [3.05, 3.63) is 34.1 Å². The molecule has 0 aliphatic carbocycles. The molecule has 1 N–H and O–H groups in total. The van der Waals surface area contributed by atoms with E-state index in [1.54, 1.807) is 6.92 Å². The highest BCUT2D eigenvalue weighted by atomic mass is 35.5. The fraction of sp³-hybridized carbons (Fsp3) is 0.333. The fourth-order valence-corrected chi connectivity index (χ4v) is 1.56. The summed E-state index contributed by atoms with van der Waals surface area (Å²) in [5, 5.41) is 11.3. The molecule has 0 bridgehead atoms. The van der Waals surface area contributed by atoms with Gasteiger partial charge < -0.3 is 5.32 Å². The Morgan fingerprint density at radius 1 is 1.59 bits per heavy atom. The van der Waals surface area contributed by atoms with Gasteiger partial charge in [-0.25, -0.2) is 4.39 Å². The van der Waals surface area contributed by atoms with Crippen molar-refractivity contribution < 1.29 is 9.18 Å². The van der Waals surface area contributed by atoms with Crippen LogP contribution in [0.5, 0.6) is 0 Å². The number of hydrogen-bond acceptors (Lipinski definition) is 2. The highest BCUT2D eigenvalue weighted by molar-refractivity contribution is 6.31. The molecule has 0 saturated carbocycles. The Balaban J connectivity index is 2.61. The van der Waals surface area contributed by atoms with Crippen LogP contribution in [0.2, 0.25) is 5.02 Å². The number of carbonyl (C=O) groups excluding carboxylic acids is 1. The summed E-state index contributed by atoms with van der Waals surface area (Å²) in [6.07, 6.45) is 0.310. The van der Waals surface area contributed by atoms with E-state index in [4.69, 9.17) is 16.9 Å². The highest BCUT2D eigenvalue weighted by Gasteiger charge is 2.07. The summed E-state index contributed by atoms with van der Waals surface area (Å²) < 4.78 is 13.3. The largest absolute Gasteiger partial charge is 0.352 e. The number of hydrogen-bond donors (Lipinski definition) is 1. The van der Waals surface area contributed by atoms with Crippen LogP contribution in [0.25, 0.3) is 0 Å². The normalized spacial score (nSPS) is 9.76. The Labute approximate surface area is 104 Å². The third-order valence-electron chi connectivity index (χ3n) is 2.27. The molecule has 1 rings (SSSR count). The smallest absolute Gasteiger partial charge is 0.221 e. The number of nitrogens with zero attached hydrogens (tertiary/aromatic N) is 1. The molecule has 0 unspecified atom stereocenters. The second-order valence-electron chi connectivity index (χ2n) is 3.63. The minimum atomic E-state index is -0.351. The second-order valence-corrected chi connectivity index (χ2v) is 4.03. The SMILES string of the molecule is Cc1cc(Cl)c(CNC(=O)CCC#N)cc1F. The van der Waals surface area contributed by atoms with Gasteiger partial charge in [0, 0.05) is 24.4 Å². The zero-order valence-corrected chi connectivity index (χ0v) is 10.1. The van der Waals surface area contributed by atoms with Crippen molar-refractivity contribution >= 4 is 17.5 Å². The van der Waals surface area contributed by atoms with E-state index in [1.165, 1.54) is 12.1 Å². The van der Waals surface area contributed by atoms with E-state index in [2.05, 4.69) is 5.32 Å². The van der Waals surface area contributed by atoms with Crippen LogP contribution in [0, 0.1) is 24.1 Å². The van der Waals surface area contributed by atoms with Crippen molar-refractivity contribution in [1.82, 2.24) is 5.32 Å². The summed E-state index contributed by atoms with van der Waals surface area (Å²) in [5.74, 6) is -0.598. The van der Waals surface area contributed by atoms with Gasteiger partial charge in [-0.2, -0.15) is 5.26 Å². The van der Waals surface area contributed by atoms with Gasteiger partial charge in [-0.3, -0.25) is 4.79 Å². The lowest BCUT2D eigenvalue weighted by Crippen LogP contribution is -2.22. The number of rotatable bonds is 4. The van der Waals surface area contributed by atoms with Crippen LogP contribution >= 0.6 is 11.6 Å². The second kappa shape index (κ2) is 6.21. The van der Waals surface area contributed by atoms with E-state index in [9.17, 15) is 9.18 Å². The molecule has 1 aromatic rings. The molecule has 3 nitrogen and oxygen atoms in total. The maximum atomic E-state index is 13.3. The van der Waals surface area contributed by atoms with Crippen molar-refractivity contribution in [2.75, 3.05) is 0 Å². The van der Waals surface area contributed by atoms with Gasteiger partial charge in [0.1, 0.15) is 5.82 Å². The number of aryl methyl sites for hydroxylation is 1. The van der Waals surface area contributed by atoms with Gasteiger partial charge in [-0.1, -0.05) is 11.6 Å². The first kappa shape index (κ1) is 13.5. The maximum absolute atomic E-state index is 13.3. The lowest BCUT2D eigenvalue weighted by molar-refractivity contribution is -0.121. The van der Waals surface area contributed by atoms with E-state index >= 15 is 0 Å². The number of halogens is 2. The number of carbonyl (C=O) groups is 1. The predicted molar refractivity (Wildman–Crippen MR) is 62.8 cm³/mol. The molecule has 0 aliphatic heterocycles. The number of benzene rings is 1. The van der Waals surface area contributed by atoms with Crippen LogP contribution in [0.4, 0.5) is 4.39 Å². The zero-order valence-electron chi connectivity index (χ0n) is 9.39. The van der Waals surface area contributed by atoms with E-state index in [1.807, 2.05) is 6.07 Å². The Hall–Kier alpha value is -1.60. The summed E-state index contributed by atoms with van der Waals surface area (Å²) >= 11 is 5.92. The molecule has 0 heterocycles. The molecule has 0 radical (unpaired) electrons. The van der Waals surface area contributed by atoms with Crippen LogP contribution in [0.15, 0.2) is 12.1 Å². The molecule has 1 amide bonds. The van der Waals surface area contributed by atoms with Crippen molar-refractivity contribution in [1.29, 1.82) is 5.26 Å². The minimum Gasteiger partial charge on any atom is -0.352 e. The summed E-state index contributed by atoms with van der Waals surface area (Å²) in [5.41, 5.74) is 0.995. The van der Waals surface area contributed by atoms with Crippen LogP contribution in [0.3, 0.4) is 0 Å². The summed E-state index contributed by atoms with van der Waals surface area (Å²) in [7, 11) is 0. The van der Waals surface area contributed by atoms with Gasteiger partial charge >= 0.3 is 0 Å². The molecule has 17 heavy (non-hydrogen) atoms. The average Bonchev–Trinajstić information content (AvgIpc) is 2.29. The zero-order chi connectivity index (χ0) is 12.8. The first-order valence-corrected chi connectivity index (χ1v) is 5.50. The first-order valence-electron chi connectivity index (χ1n) is 5.12. The van der Waals surface area contributed by atoms with Crippen LogP contribution in [-0.2, 0) is 11.3 Å².